The lowest BCUT2D eigenvalue weighted by Crippen LogP contribution is -2.44. The van der Waals surface area contributed by atoms with Gasteiger partial charge in [-0.1, -0.05) is 0 Å². The van der Waals surface area contributed by atoms with Crippen LogP contribution in [0.3, 0.4) is 0 Å². The molecular weight excluding hydrogens is 257 g/mol. The second kappa shape index (κ2) is 5.79. The Labute approximate surface area is 119 Å². The second-order valence-electron chi connectivity index (χ2n) is 5.69. The molecule has 1 fully saturated rings. The summed E-state index contributed by atoms with van der Waals surface area (Å²) in [5, 5.41) is 0. The summed E-state index contributed by atoms with van der Waals surface area (Å²) in [5.74, 6) is -0.714. The van der Waals surface area contributed by atoms with Crippen molar-refractivity contribution in [3.05, 3.63) is 29.1 Å². The molecule has 1 aromatic carbocycles. The maximum atomic E-state index is 14.1. The fourth-order valence-electron chi connectivity index (χ4n) is 2.71. The van der Waals surface area contributed by atoms with E-state index < -0.39 is 5.82 Å². The zero-order valence-corrected chi connectivity index (χ0v) is 12.3. The number of nitrogens with two attached hydrogens (primary N) is 1. The van der Waals surface area contributed by atoms with Crippen LogP contribution in [-0.2, 0) is 0 Å². The van der Waals surface area contributed by atoms with Gasteiger partial charge >= 0.3 is 0 Å². The van der Waals surface area contributed by atoms with E-state index in [2.05, 4.69) is 4.90 Å². The molecule has 0 radical (unpaired) electrons. The van der Waals surface area contributed by atoms with E-state index in [1.54, 1.807) is 17.9 Å². The van der Waals surface area contributed by atoms with E-state index >= 15 is 0 Å². The van der Waals surface area contributed by atoms with Crippen molar-refractivity contribution < 1.29 is 9.18 Å². The molecule has 20 heavy (non-hydrogen) atoms. The van der Waals surface area contributed by atoms with E-state index in [9.17, 15) is 9.18 Å². The van der Waals surface area contributed by atoms with Crippen molar-refractivity contribution >= 4 is 11.6 Å². The molecule has 1 aliphatic rings. The summed E-state index contributed by atoms with van der Waals surface area (Å²) in [7, 11) is 4.09. The summed E-state index contributed by atoms with van der Waals surface area (Å²) in [6, 6.07) is 3.47. The van der Waals surface area contributed by atoms with Gasteiger partial charge in [-0.2, -0.15) is 0 Å². The van der Waals surface area contributed by atoms with Gasteiger partial charge in [-0.05, 0) is 51.6 Å². The van der Waals surface area contributed by atoms with Gasteiger partial charge in [-0.25, -0.2) is 4.39 Å². The SMILES string of the molecule is Cc1cc(N)cc(C(=O)N2CCC(N(C)C)CC2)c1F. The zero-order valence-electron chi connectivity index (χ0n) is 12.3. The van der Waals surface area contributed by atoms with Gasteiger partial charge in [0.15, 0.2) is 0 Å². The smallest absolute Gasteiger partial charge is 0.256 e. The highest BCUT2D eigenvalue weighted by molar-refractivity contribution is 5.95. The molecule has 1 saturated heterocycles. The van der Waals surface area contributed by atoms with E-state index in [1.807, 2.05) is 14.1 Å². The summed E-state index contributed by atoms with van der Waals surface area (Å²) in [6.07, 6.45) is 1.84. The molecular formula is C15H22FN3O. The number of hydrogen-bond acceptors (Lipinski definition) is 3. The number of carbonyl (C=O) groups excluding carboxylic acids is 1. The molecule has 110 valence electrons. The number of rotatable bonds is 2. The van der Waals surface area contributed by atoms with Crippen LogP contribution in [0.25, 0.3) is 0 Å². The molecule has 0 saturated carbocycles. The number of benzene rings is 1. The maximum Gasteiger partial charge on any atom is 0.256 e. The first-order valence-corrected chi connectivity index (χ1v) is 6.91. The Hall–Kier alpha value is -1.62. The van der Waals surface area contributed by atoms with Crippen LogP contribution >= 0.6 is 0 Å². The molecule has 4 nitrogen and oxygen atoms in total. The number of carbonyl (C=O) groups is 1. The Balaban J connectivity index is 2.13. The number of hydrogen-bond donors (Lipinski definition) is 1. The van der Waals surface area contributed by atoms with Crippen molar-refractivity contribution in [3.8, 4) is 0 Å². The molecule has 1 amide bonds. The number of amides is 1. The Morgan fingerprint density at radius 2 is 1.95 bits per heavy atom. The number of anilines is 1. The average Bonchev–Trinajstić information content (AvgIpc) is 2.42. The van der Waals surface area contributed by atoms with Crippen LogP contribution in [0, 0.1) is 12.7 Å². The average molecular weight is 279 g/mol. The van der Waals surface area contributed by atoms with Crippen molar-refractivity contribution in [1.29, 1.82) is 0 Å². The molecule has 0 bridgehead atoms. The molecule has 0 spiro atoms. The standard InChI is InChI=1S/C15H22FN3O/c1-10-8-11(17)9-13(14(10)16)15(20)19-6-4-12(5-7-19)18(2)3/h8-9,12H,4-7,17H2,1-3H3. The Bertz CT molecular complexity index is 508. The van der Waals surface area contributed by atoms with Crippen LogP contribution in [-0.4, -0.2) is 48.9 Å². The van der Waals surface area contributed by atoms with Crippen molar-refractivity contribution in [2.75, 3.05) is 32.9 Å². The normalized spacial score (nSPS) is 16.8. The minimum Gasteiger partial charge on any atom is -0.399 e. The van der Waals surface area contributed by atoms with Gasteiger partial charge in [0, 0.05) is 24.8 Å². The highest BCUT2D eigenvalue weighted by Crippen LogP contribution is 2.21. The molecule has 1 heterocycles. The van der Waals surface area contributed by atoms with Gasteiger partial charge in [0.05, 0.1) is 5.56 Å². The summed E-state index contributed by atoms with van der Waals surface area (Å²) >= 11 is 0. The zero-order chi connectivity index (χ0) is 14.9. The number of halogens is 1. The Morgan fingerprint density at radius 1 is 1.35 bits per heavy atom. The summed E-state index contributed by atoms with van der Waals surface area (Å²) in [5.41, 5.74) is 6.64. The van der Waals surface area contributed by atoms with E-state index in [1.165, 1.54) is 6.07 Å². The lowest BCUT2D eigenvalue weighted by molar-refractivity contribution is 0.0658. The fourth-order valence-corrected chi connectivity index (χ4v) is 2.71. The molecule has 1 aromatic rings. The van der Waals surface area contributed by atoms with E-state index in [4.69, 9.17) is 5.73 Å². The van der Waals surface area contributed by atoms with Crippen LogP contribution in [0.4, 0.5) is 10.1 Å². The number of aryl methyl sites for hydroxylation is 1. The molecule has 0 unspecified atom stereocenters. The lowest BCUT2D eigenvalue weighted by atomic mass is 10.0. The van der Waals surface area contributed by atoms with Crippen LogP contribution in [0.15, 0.2) is 12.1 Å². The van der Waals surface area contributed by atoms with Gasteiger partial charge in [-0.3, -0.25) is 4.79 Å². The van der Waals surface area contributed by atoms with Crippen LogP contribution in [0.5, 0.6) is 0 Å². The fraction of sp³-hybridized carbons (Fsp3) is 0.533. The van der Waals surface area contributed by atoms with E-state index in [0.29, 0.717) is 30.4 Å². The molecule has 1 aliphatic heterocycles. The Morgan fingerprint density at radius 3 is 2.50 bits per heavy atom. The summed E-state index contributed by atoms with van der Waals surface area (Å²) < 4.78 is 14.1. The van der Waals surface area contributed by atoms with Gasteiger partial charge in [0.2, 0.25) is 0 Å². The second-order valence-corrected chi connectivity index (χ2v) is 5.69. The quantitative estimate of drug-likeness (QED) is 0.841. The van der Waals surface area contributed by atoms with Crippen molar-refractivity contribution in [2.45, 2.75) is 25.8 Å². The predicted octanol–water partition coefficient (Wildman–Crippen LogP) is 1.88. The van der Waals surface area contributed by atoms with Crippen molar-refractivity contribution in [2.24, 2.45) is 0 Å². The minimum absolute atomic E-state index is 0.0887. The third-order valence-electron chi connectivity index (χ3n) is 3.99. The van der Waals surface area contributed by atoms with Gasteiger partial charge in [0.1, 0.15) is 5.82 Å². The van der Waals surface area contributed by atoms with E-state index in [-0.39, 0.29) is 11.5 Å². The number of likely N-dealkylation sites (tertiary alicyclic amines) is 1. The summed E-state index contributed by atoms with van der Waals surface area (Å²) in [4.78, 5) is 16.3. The third kappa shape index (κ3) is 2.93. The van der Waals surface area contributed by atoms with Crippen molar-refractivity contribution in [1.82, 2.24) is 9.80 Å². The molecule has 0 aliphatic carbocycles. The predicted molar refractivity (Wildman–Crippen MR) is 78.2 cm³/mol. The largest absolute Gasteiger partial charge is 0.399 e. The van der Waals surface area contributed by atoms with Crippen LogP contribution in [0.2, 0.25) is 0 Å². The molecule has 5 heteroatoms. The monoisotopic (exact) mass is 279 g/mol. The van der Waals surface area contributed by atoms with Gasteiger partial charge < -0.3 is 15.5 Å². The van der Waals surface area contributed by atoms with E-state index in [0.717, 1.165) is 12.8 Å². The topological polar surface area (TPSA) is 49.6 Å². The highest BCUT2D eigenvalue weighted by atomic mass is 19.1. The third-order valence-corrected chi connectivity index (χ3v) is 3.99. The lowest BCUT2D eigenvalue weighted by Gasteiger charge is -2.35. The minimum atomic E-state index is -0.459. The number of piperidine rings is 1. The molecule has 0 atom stereocenters. The highest BCUT2D eigenvalue weighted by Gasteiger charge is 2.26. The van der Waals surface area contributed by atoms with Crippen LogP contribution < -0.4 is 5.73 Å². The molecule has 0 aromatic heterocycles. The Kier molecular flexibility index (Phi) is 4.28. The number of nitrogens with zero attached hydrogens (tertiary/aromatic N) is 2. The molecule has 2 rings (SSSR count). The van der Waals surface area contributed by atoms with Gasteiger partial charge in [-0.15, -0.1) is 0 Å². The van der Waals surface area contributed by atoms with Gasteiger partial charge in [0.25, 0.3) is 5.91 Å². The maximum absolute atomic E-state index is 14.1. The molecule has 2 N–H and O–H groups in total. The first-order chi connectivity index (χ1) is 9.40. The summed E-state index contributed by atoms with van der Waals surface area (Å²) in [6.45, 7) is 2.95. The first kappa shape index (κ1) is 14.8. The first-order valence-electron chi connectivity index (χ1n) is 6.91. The van der Waals surface area contributed by atoms with Crippen molar-refractivity contribution in [3.63, 3.8) is 0 Å². The number of nitrogen functional groups attached to an aromatic ring is 1. The van der Waals surface area contributed by atoms with Crippen LogP contribution in [0.1, 0.15) is 28.8 Å².